The van der Waals surface area contributed by atoms with Crippen molar-refractivity contribution in [2.75, 3.05) is 37.0 Å². The highest BCUT2D eigenvalue weighted by molar-refractivity contribution is 8.76. The molecule has 11 heteroatoms. The van der Waals surface area contributed by atoms with Gasteiger partial charge in [0.15, 0.2) is 11.7 Å². The summed E-state index contributed by atoms with van der Waals surface area (Å²) in [6, 6.07) is 6.59. The Bertz CT molecular complexity index is 1570. The summed E-state index contributed by atoms with van der Waals surface area (Å²) in [7, 11) is 7.76. The first-order valence-corrected chi connectivity index (χ1v) is 23.2. The third-order valence-corrected chi connectivity index (χ3v) is 19.1. The van der Waals surface area contributed by atoms with Crippen LogP contribution in [0.2, 0.25) is 0 Å². The predicted molar refractivity (Wildman–Crippen MR) is 205 cm³/mol. The first-order valence-electron chi connectivity index (χ1n) is 18.2. The fourth-order valence-corrected chi connectivity index (χ4v) is 17.2. The number of allylic oxidation sites excluding steroid dienone is 3. The van der Waals surface area contributed by atoms with Gasteiger partial charge in [0.25, 0.3) is 0 Å². The zero-order valence-electron chi connectivity index (χ0n) is 28.4. The van der Waals surface area contributed by atoms with Gasteiger partial charge in [0, 0.05) is 72.4 Å². The summed E-state index contributed by atoms with van der Waals surface area (Å²) in [5.74, 6) is 6.03. The van der Waals surface area contributed by atoms with Gasteiger partial charge in [0.2, 0.25) is 0 Å². The normalized spacial score (nSPS) is 41.4. The molecule has 1 aromatic carbocycles. The molecule has 0 radical (unpaired) electrons. The van der Waals surface area contributed by atoms with Gasteiger partial charge in [-0.1, -0.05) is 86.0 Å². The molecule has 4 aliphatic carbocycles. The molecule has 2 fully saturated rings. The number of aliphatic hydroxyl groups is 3. The summed E-state index contributed by atoms with van der Waals surface area (Å²) in [6.45, 7) is 3.43. The highest BCUT2D eigenvalue weighted by atomic mass is 33.1. The van der Waals surface area contributed by atoms with E-state index in [0.29, 0.717) is 37.0 Å². The van der Waals surface area contributed by atoms with E-state index in [1.54, 1.807) is 0 Å². The molecular weight excluding hydrogens is 691 g/mol. The largest absolute Gasteiger partial charge is 0.396 e. The highest BCUT2D eigenvalue weighted by Gasteiger charge is 2.70. The van der Waals surface area contributed by atoms with Crippen molar-refractivity contribution < 1.29 is 20.1 Å². The molecule has 6 N–H and O–H groups in total. The number of benzene rings is 1. The van der Waals surface area contributed by atoms with Gasteiger partial charge in [0.1, 0.15) is 0 Å². The number of guanidine groups is 1. The molecule has 49 heavy (non-hydrogen) atoms. The number of hydrogen-bond acceptors (Lipinski definition) is 11. The lowest BCUT2D eigenvalue weighted by Gasteiger charge is -2.57. The van der Waals surface area contributed by atoms with Crippen molar-refractivity contribution in [1.82, 2.24) is 5.32 Å². The average molecular weight is 742 g/mol. The Balaban J connectivity index is 1.29. The number of aliphatic hydroxyl groups excluding tert-OH is 3. The highest BCUT2D eigenvalue weighted by Crippen LogP contribution is 2.75. The van der Waals surface area contributed by atoms with E-state index in [2.05, 4.69) is 42.6 Å². The number of hydrogen-bond donors (Lipinski definition) is 5. The Morgan fingerprint density at radius 2 is 1.98 bits per heavy atom. The molecule has 1 aromatic rings. The zero-order chi connectivity index (χ0) is 34.0. The third-order valence-electron chi connectivity index (χ3n) is 14.2. The number of nitrogens with one attached hydrogen (secondary N) is 1. The van der Waals surface area contributed by atoms with Gasteiger partial charge in [-0.05, 0) is 89.9 Å². The summed E-state index contributed by atoms with van der Waals surface area (Å²) < 4.78 is 0. The molecule has 0 aromatic heterocycles. The van der Waals surface area contributed by atoms with E-state index in [9.17, 15) is 20.1 Å². The maximum atomic E-state index is 14.6. The van der Waals surface area contributed by atoms with Gasteiger partial charge in [0.05, 0.1) is 12.1 Å². The van der Waals surface area contributed by atoms with Crippen LogP contribution in [0.1, 0.15) is 74.5 Å². The van der Waals surface area contributed by atoms with E-state index in [1.807, 2.05) is 43.2 Å². The molecule has 8 aliphatic rings. The van der Waals surface area contributed by atoms with Gasteiger partial charge in [-0.25, -0.2) is 0 Å². The molecule has 2 saturated carbocycles. The standard InChI is InChI=1S/C38H51N3O4S4/c1-36-8-10-46-49-21-38-31-7-6-27(33(38)16-40-35(39)41-38)28-11-22(4-5-23(28)17-43)19-47-48-20-25(31)13-29-32-14-26(36)12-24(18-44)30(3-2-9-42)37(32,36)15-34(29)45/h4-7,11,24-27,30-31,33,42-44H,2-3,8-10,12-21H2,1H3,(H3,39,40,41)/t24-,25-,26-,27+,30-,31+,33-,36+,37+,38+/m1/s1. The lowest BCUT2D eigenvalue weighted by atomic mass is 9.47. The number of nitrogens with two attached hydrogens (primary N) is 1. The van der Waals surface area contributed by atoms with Crippen molar-refractivity contribution in [2.24, 2.45) is 57.1 Å². The average Bonchev–Trinajstić information content (AvgIpc) is 3.43. The third kappa shape index (κ3) is 5.44. The number of Topliss-reactive ketones (excluding diaryl/α,β-unsaturated/α-hetero) is 1. The van der Waals surface area contributed by atoms with E-state index in [-0.39, 0.29) is 71.7 Å². The van der Waals surface area contributed by atoms with Crippen LogP contribution in [-0.2, 0) is 17.2 Å². The number of ketones is 1. The number of rotatable bonds is 5. The predicted octanol–water partition coefficient (Wildman–Crippen LogP) is 6.09. The Morgan fingerprint density at radius 3 is 2.80 bits per heavy atom. The molecule has 4 aliphatic heterocycles. The fraction of sp³-hybridized carbons (Fsp3) is 0.684. The molecule has 11 bridgehead atoms. The topological polar surface area (TPSA) is 128 Å². The van der Waals surface area contributed by atoms with Gasteiger partial charge in [-0.3, -0.25) is 9.79 Å². The minimum absolute atomic E-state index is 0.00450. The van der Waals surface area contributed by atoms with Gasteiger partial charge in [-0.2, -0.15) is 0 Å². The number of aliphatic imine (C=N–C) groups is 1. The van der Waals surface area contributed by atoms with E-state index in [1.165, 1.54) is 16.7 Å². The molecule has 2 spiro atoms. The van der Waals surface area contributed by atoms with Crippen LogP contribution in [0.5, 0.6) is 0 Å². The summed E-state index contributed by atoms with van der Waals surface area (Å²) in [5, 5.41) is 35.0. The summed E-state index contributed by atoms with van der Waals surface area (Å²) in [5.41, 5.74) is 12.0. The van der Waals surface area contributed by atoms with Crippen LogP contribution in [0.4, 0.5) is 0 Å². The Hall–Kier alpha value is -1.08. The molecule has 9 rings (SSSR count). The lowest BCUT2D eigenvalue weighted by Crippen LogP contribution is -2.68. The van der Waals surface area contributed by atoms with Crippen molar-refractivity contribution in [3.8, 4) is 0 Å². The van der Waals surface area contributed by atoms with E-state index < -0.39 is 0 Å². The minimum Gasteiger partial charge on any atom is -0.396 e. The summed E-state index contributed by atoms with van der Waals surface area (Å²) in [6.07, 6.45) is 10.8. The summed E-state index contributed by atoms with van der Waals surface area (Å²) in [4.78, 5) is 19.5. The maximum Gasteiger partial charge on any atom is 0.189 e. The first-order chi connectivity index (χ1) is 23.8. The van der Waals surface area contributed by atoms with Crippen LogP contribution in [0.25, 0.3) is 0 Å². The monoisotopic (exact) mass is 741 g/mol. The molecule has 7 nitrogen and oxygen atoms in total. The minimum atomic E-state index is -0.357. The molecule has 10 atom stereocenters. The van der Waals surface area contributed by atoms with Gasteiger partial charge >= 0.3 is 0 Å². The molecule has 0 unspecified atom stereocenters. The fourth-order valence-electron chi connectivity index (χ4n) is 11.9. The Kier molecular flexibility index (Phi) is 9.79. The zero-order valence-corrected chi connectivity index (χ0v) is 31.7. The molecule has 0 amide bonds. The lowest BCUT2D eigenvalue weighted by molar-refractivity contribution is -0.125. The van der Waals surface area contributed by atoms with Crippen molar-refractivity contribution in [3.05, 3.63) is 58.2 Å². The maximum absolute atomic E-state index is 14.6. The first kappa shape index (κ1) is 35.0. The number of nitrogens with zero attached hydrogens (tertiary/aromatic N) is 1. The number of carbonyl (C=O) groups is 1. The van der Waals surface area contributed by atoms with Crippen LogP contribution >= 0.6 is 43.2 Å². The molecular formula is C38H51N3O4S4. The Morgan fingerprint density at radius 1 is 1.10 bits per heavy atom. The Labute approximate surface area is 306 Å². The quantitative estimate of drug-likeness (QED) is 0.179. The van der Waals surface area contributed by atoms with E-state index in [0.717, 1.165) is 66.3 Å². The second kappa shape index (κ2) is 13.7. The number of fused-ring (bicyclic) bond motifs is 3. The second-order valence-electron chi connectivity index (χ2n) is 16.0. The SMILES string of the molecule is C[C@]12CCSSC[C@@]34NC(N)=NC[C@@H]3[C@H]3C=C[C@H]4[C@@H](CSSCc4ccc(CO)c3c4)CC3=C4C[C@H]1C[C@H](CO)[C@@H](CCCO)[C@@]42CC3=O. The molecule has 4 heterocycles. The summed E-state index contributed by atoms with van der Waals surface area (Å²) >= 11 is 0. The van der Waals surface area contributed by atoms with Crippen LogP contribution in [0.15, 0.2) is 46.5 Å². The van der Waals surface area contributed by atoms with E-state index in [4.69, 9.17) is 10.7 Å². The van der Waals surface area contributed by atoms with Crippen LogP contribution in [0.3, 0.4) is 0 Å². The van der Waals surface area contributed by atoms with Gasteiger partial charge in [-0.15, -0.1) is 0 Å². The number of carbonyl (C=O) groups excluding carboxylic acids is 1. The van der Waals surface area contributed by atoms with E-state index >= 15 is 0 Å². The molecule has 266 valence electrons. The van der Waals surface area contributed by atoms with Gasteiger partial charge < -0.3 is 26.4 Å². The van der Waals surface area contributed by atoms with Crippen molar-refractivity contribution in [1.29, 1.82) is 0 Å². The van der Waals surface area contributed by atoms with Crippen LogP contribution in [0, 0.1) is 46.3 Å². The smallest absolute Gasteiger partial charge is 0.189 e. The van der Waals surface area contributed by atoms with Crippen molar-refractivity contribution in [2.45, 2.75) is 75.7 Å². The van der Waals surface area contributed by atoms with Crippen LogP contribution in [-0.4, -0.2) is 69.6 Å². The van der Waals surface area contributed by atoms with Crippen molar-refractivity contribution >= 4 is 54.9 Å². The second-order valence-corrected chi connectivity index (χ2v) is 21.1. The molecule has 0 saturated heterocycles. The van der Waals surface area contributed by atoms with Crippen LogP contribution < -0.4 is 11.1 Å². The van der Waals surface area contributed by atoms with Crippen molar-refractivity contribution in [3.63, 3.8) is 0 Å².